The zero-order chi connectivity index (χ0) is 13.8. The Morgan fingerprint density at radius 1 is 1.37 bits per heavy atom. The fourth-order valence-corrected chi connectivity index (χ4v) is 3.32. The molecular formula is C16H22BrNO. The number of ketones is 1. The topological polar surface area (TPSA) is 20.3 Å². The summed E-state index contributed by atoms with van der Waals surface area (Å²) >= 11 is 3.47. The molecule has 0 spiro atoms. The number of hydrogen-bond donors (Lipinski definition) is 0. The number of carbonyl (C=O) groups is 1. The summed E-state index contributed by atoms with van der Waals surface area (Å²) in [6.45, 7) is 4.97. The fraction of sp³-hybridized carbons (Fsp3) is 0.562. The molecule has 0 saturated carbocycles. The summed E-state index contributed by atoms with van der Waals surface area (Å²) in [5, 5.41) is 0. The number of nitrogens with zero attached hydrogens (tertiary/aromatic N) is 1. The largest absolute Gasteiger partial charge is 0.368 e. The van der Waals surface area contributed by atoms with Gasteiger partial charge in [-0.1, -0.05) is 35.7 Å². The average Bonchev–Trinajstić information content (AvgIpc) is 2.63. The number of benzene rings is 1. The highest BCUT2D eigenvalue weighted by molar-refractivity contribution is 9.10. The van der Waals surface area contributed by atoms with Gasteiger partial charge in [-0.3, -0.25) is 4.79 Å². The Morgan fingerprint density at radius 2 is 2.16 bits per heavy atom. The molecule has 1 aromatic carbocycles. The van der Waals surface area contributed by atoms with E-state index in [1.165, 1.54) is 25.7 Å². The molecule has 1 atom stereocenters. The Labute approximate surface area is 124 Å². The average molecular weight is 324 g/mol. The second-order valence-electron chi connectivity index (χ2n) is 5.32. The van der Waals surface area contributed by atoms with E-state index in [9.17, 15) is 4.79 Å². The van der Waals surface area contributed by atoms with Crippen LogP contribution in [0.1, 0.15) is 56.3 Å². The number of hydrogen-bond acceptors (Lipinski definition) is 2. The molecule has 104 valence electrons. The van der Waals surface area contributed by atoms with E-state index in [1.807, 2.05) is 12.1 Å². The van der Waals surface area contributed by atoms with Crippen molar-refractivity contribution < 1.29 is 4.79 Å². The van der Waals surface area contributed by atoms with Crippen molar-refractivity contribution in [2.45, 2.75) is 52.0 Å². The lowest BCUT2D eigenvalue weighted by molar-refractivity contribution is 0.101. The zero-order valence-corrected chi connectivity index (χ0v) is 13.4. The number of Topliss-reactive ketones (excluding diaryl/α,β-unsaturated/α-hetero) is 1. The maximum atomic E-state index is 11.9. The zero-order valence-electron chi connectivity index (χ0n) is 11.8. The van der Waals surface area contributed by atoms with Crippen LogP contribution in [-0.4, -0.2) is 18.4 Å². The monoisotopic (exact) mass is 323 g/mol. The highest BCUT2D eigenvalue weighted by Crippen LogP contribution is 2.31. The van der Waals surface area contributed by atoms with Crippen LogP contribution in [0.4, 0.5) is 5.69 Å². The molecule has 0 N–H and O–H groups in total. The first kappa shape index (κ1) is 14.6. The summed E-state index contributed by atoms with van der Waals surface area (Å²) in [5.74, 6) is 0.149. The number of anilines is 1. The number of halogens is 1. The van der Waals surface area contributed by atoms with Gasteiger partial charge < -0.3 is 4.90 Å². The highest BCUT2D eigenvalue weighted by atomic mass is 79.9. The number of carbonyl (C=O) groups excluding carboxylic acids is 1. The molecule has 1 fully saturated rings. The van der Waals surface area contributed by atoms with Crippen LogP contribution in [-0.2, 0) is 0 Å². The molecule has 0 amide bonds. The molecule has 1 aromatic rings. The van der Waals surface area contributed by atoms with Gasteiger partial charge in [-0.2, -0.15) is 0 Å². The minimum absolute atomic E-state index is 0.149. The molecule has 3 heteroatoms. The van der Waals surface area contributed by atoms with Crippen molar-refractivity contribution in [1.29, 1.82) is 0 Å². The van der Waals surface area contributed by atoms with E-state index in [-0.39, 0.29) is 5.78 Å². The van der Waals surface area contributed by atoms with Crippen LogP contribution >= 0.6 is 15.9 Å². The standard InChI is InChI=1S/C16H22BrNO/c1-3-14-7-5-4-6-10-18(14)16-9-8-13(17)11-15(16)12(2)19/h8-9,11,14H,3-7,10H2,1-2H3. The third-order valence-corrected chi connectivity index (χ3v) is 4.49. The van der Waals surface area contributed by atoms with Crippen molar-refractivity contribution in [3.05, 3.63) is 28.2 Å². The van der Waals surface area contributed by atoms with Crippen LogP contribution in [0.3, 0.4) is 0 Å². The van der Waals surface area contributed by atoms with Crippen molar-refractivity contribution >= 4 is 27.4 Å². The molecule has 19 heavy (non-hydrogen) atoms. The van der Waals surface area contributed by atoms with Crippen LogP contribution in [0.15, 0.2) is 22.7 Å². The minimum Gasteiger partial charge on any atom is -0.368 e. The Kier molecular flexibility index (Phi) is 5.03. The predicted molar refractivity (Wildman–Crippen MR) is 84.0 cm³/mol. The molecule has 0 aliphatic carbocycles. The summed E-state index contributed by atoms with van der Waals surface area (Å²) < 4.78 is 0.976. The van der Waals surface area contributed by atoms with E-state index in [1.54, 1.807) is 6.92 Å². The fourth-order valence-electron chi connectivity index (χ4n) is 2.96. The van der Waals surface area contributed by atoms with Gasteiger partial charge in [-0.25, -0.2) is 0 Å². The van der Waals surface area contributed by atoms with Crippen LogP contribution in [0, 0.1) is 0 Å². The van der Waals surface area contributed by atoms with Gasteiger partial charge in [-0.05, 0) is 44.4 Å². The normalized spacial score (nSPS) is 20.2. The first-order chi connectivity index (χ1) is 9.13. The summed E-state index contributed by atoms with van der Waals surface area (Å²) in [7, 11) is 0. The van der Waals surface area contributed by atoms with E-state index >= 15 is 0 Å². The van der Waals surface area contributed by atoms with Crippen LogP contribution in [0.5, 0.6) is 0 Å². The molecule has 1 unspecified atom stereocenters. The van der Waals surface area contributed by atoms with Crippen molar-refractivity contribution in [3.63, 3.8) is 0 Å². The van der Waals surface area contributed by atoms with E-state index in [0.717, 1.165) is 28.7 Å². The Morgan fingerprint density at radius 3 is 2.84 bits per heavy atom. The van der Waals surface area contributed by atoms with Gasteiger partial charge in [0.1, 0.15) is 0 Å². The molecule has 0 aromatic heterocycles. The van der Waals surface area contributed by atoms with E-state index in [2.05, 4.69) is 33.8 Å². The lowest BCUT2D eigenvalue weighted by Gasteiger charge is -2.33. The van der Waals surface area contributed by atoms with Gasteiger partial charge in [0.25, 0.3) is 0 Å². The maximum absolute atomic E-state index is 11.9. The van der Waals surface area contributed by atoms with E-state index in [4.69, 9.17) is 0 Å². The van der Waals surface area contributed by atoms with Crippen molar-refractivity contribution in [2.75, 3.05) is 11.4 Å². The van der Waals surface area contributed by atoms with Crippen molar-refractivity contribution in [1.82, 2.24) is 0 Å². The van der Waals surface area contributed by atoms with Gasteiger partial charge >= 0.3 is 0 Å². The van der Waals surface area contributed by atoms with Gasteiger partial charge in [0.05, 0.1) is 0 Å². The molecule has 1 heterocycles. The SMILES string of the molecule is CCC1CCCCCN1c1ccc(Br)cc1C(C)=O. The summed E-state index contributed by atoms with van der Waals surface area (Å²) in [4.78, 5) is 14.3. The van der Waals surface area contributed by atoms with Crippen molar-refractivity contribution in [2.24, 2.45) is 0 Å². The maximum Gasteiger partial charge on any atom is 0.161 e. The Balaban J connectivity index is 2.40. The lowest BCUT2D eigenvalue weighted by atomic mass is 10.0. The molecule has 2 nitrogen and oxygen atoms in total. The third kappa shape index (κ3) is 3.38. The van der Waals surface area contributed by atoms with Gasteiger partial charge in [0.2, 0.25) is 0 Å². The third-order valence-electron chi connectivity index (χ3n) is 4.00. The van der Waals surface area contributed by atoms with Crippen LogP contribution in [0.2, 0.25) is 0 Å². The highest BCUT2D eigenvalue weighted by Gasteiger charge is 2.23. The first-order valence-corrected chi connectivity index (χ1v) is 8.00. The van der Waals surface area contributed by atoms with Gasteiger partial charge in [0, 0.05) is 28.3 Å². The summed E-state index contributed by atoms with van der Waals surface area (Å²) in [5.41, 5.74) is 1.96. The van der Waals surface area contributed by atoms with Crippen LogP contribution < -0.4 is 4.90 Å². The van der Waals surface area contributed by atoms with Gasteiger partial charge in [0.15, 0.2) is 5.78 Å². The second kappa shape index (κ2) is 6.56. The molecule has 1 saturated heterocycles. The quantitative estimate of drug-likeness (QED) is 0.744. The molecular weight excluding hydrogens is 302 g/mol. The summed E-state index contributed by atoms with van der Waals surface area (Å²) in [6.07, 6.45) is 6.22. The smallest absolute Gasteiger partial charge is 0.161 e. The molecule has 1 aliphatic rings. The van der Waals surface area contributed by atoms with Crippen molar-refractivity contribution in [3.8, 4) is 0 Å². The second-order valence-corrected chi connectivity index (χ2v) is 6.24. The Hall–Kier alpha value is -0.830. The number of rotatable bonds is 3. The lowest BCUT2D eigenvalue weighted by Crippen LogP contribution is -2.35. The van der Waals surface area contributed by atoms with Crippen LogP contribution in [0.25, 0.3) is 0 Å². The minimum atomic E-state index is 0.149. The molecule has 2 rings (SSSR count). The molecule has 1 aliphatic heterocycles. The Bertz CT molecular complexity index is 458. The first-order valence-electron chi connectivity index (χ1n) is 7.20. The summed E-state index contributed by atoms with van der Waals surface area (Å²) in [6, 6.07) is 6.66. The van der Waals surface area contributed by atoms with E-state index < -0.39 is 0 Å². The van der Waals surface area contributed by atoms with Gasteiger partial charge in [-0.15, -0.1) is 0 Å². The predicted octanol–water partition coefficient (Wildman–Crippen LogP) is 4.81. The molecule has 0 bridgehead atoms. The molecule has 0 radical (unpaired) electrons. The van der Waals surface area contributed by atoms with E-state index in [0.29, 0.717) is 6.04 Å².